The number of primary amides is 1. The van der Waals surface area contributed by atoms with Gasteiger partial charge in [0.15, 0.2) is 0 Å². The van der Waals surface area contributed by atoms with Crippen LogP contribution in [0, 0.1) is 16.2 Å². The number of hydrogen-bond donors (Lipinski definition) is 1. The Balaban J connectivity index is 1.94. The maximum Gasteiger partial charge on any atom is 0.223 e. The Bertz CT molecular complexity index is 242. The number of carbonyl (C=O) groups is 1. The highest BCUT2D eigenvalue weighted by Crippen LogP contribution is 2.75. The average molecular weight is 181 g/mol. The van der Waals surface area contributed by atoms with Gasteiger partial charge in [0, 0.05) is 0 Å². The SMILES string of the molecule is CC(C)(C)CC12CC(C(N)=O)(C1)C2. The van der Waals surface area contributed by atoms with Gasteiger partial charge in [-0.05, 0) is 36.5 Å². The first-order chi connectivity index (χ1) is 5.77. The molecule has 13 heavy (non-hydrogen) atoms. The molecule has 2 nitrogen and oxygen atoms in total. The van der Waals surface area contributed by atoms with Gasteiger partial charge in [0.25, 0.3) is 0 Å². The molecule has 0 aromatic heterocycles. The van der Waals surface area contributed by atoms with Gasteiger partial charge < -0.3 is 5.73 Å². The molecule has 3 aliphatic carbocycles. The lowest BCUT2D eigenvalue weighted by atomic mass is 9.33. The summed E-state index contributed by atoms with van der Waals surface area (Å²) >= 11 is 0. The second-order valence-corrected chi connectivity index (χ2v) is 6.41. The Morgan fingerprint density at radius 1 is 1.31 bits per heavy atom. The van der Waals surface area contributed by atoms with Crippen LogP contribution < -0.4 is 5.73 Å². The minimum Gasteiger partial charge on any atom is -0.369 e. The maximum atomic E-state index is 11.1. The Labute approximate surface area is 79.9 Å². The first-order valence-corrected chi connectivity index (χ1v) is 5.07. The van der Waals surface area contributed by atoms with Crippen molar-refractivity contribution in [3.63, 3.8) is 0 Å². The predicted octanol–water partition coefficient (Wildman–Crippen LogP) is 2.08. The lowest BCUT2D eigenvalue weighted by Crippen LogP contribution is -2.67. The lowest BCUT2D eigenvalue weighted by Gasteiger charge is -2.70. The summed E-state index contributed by atoms with van der Waals surface area (Å²) in [5, 5.41) is 0. The van der Waals surface area contributed by atoms with Crippen molar-refractivity contribution in [3.8, 4) is 0 Å². The molecule has 3 fully saturated rings. The van der Waals surface area contributed by atoms with Gasteiger partial charge in [-0.3, -0.25) is 4.79 Å². The van der Waals surface area contributed by atoms with Crippen molar-refractivity contribution >= 4 is 5.91 Å². The molecule has 2 heteroatoms. The van der Waals surface area contributed by atoms with E-state index in [1.807, 2.05) is 0 Å². The summed E-state index contributed by atoms with van der Waals surface area (Å²) in [5.74, 6) is -0.0664. The van der Waals surface area contributed by atoms with Gasteiger partial charge in [0.05, 0.1) is 5.41 Å². The van der Waals surface area contributed by atoms with E-state index < -0.39 is 0 Å². The normalized spacial score (nSPS) is 42.1. The van der Waals surface area contributed by atoms with Crippen molar-refractivity contribution in [1.29, 1.82) is 0 Å². The fourth-order valence-electron chi connectivity index (χ4n) is 3.57. The number of carbonyl (C=O) groups excluding carboxylic acids is 1. The molecule has 0 atom stereocenters. The lowest BCUT2D eigenvalue weighted by molar-refractivity contribution is -0.215. The molecular weight excluding hydrogens is 162 g/mol. The third kappa shape index (κ3) is 1.18. The maximum absolute atomic E-state index is 11.1. The monoisotopic (exact) mass is 181 g/mol. The topological polar surface area (TPSA) is 43.1 Å². The molecule has 3 rings (SSSR count). The summed E-state index contributed by atoms with van der Waals surface area (Å²) in [6, 6.07) is 0. The van der Waals surface area contributed by atoms with Gasteiger partial charge >= 0.3 is 0 Å². The summed E-state index contributed by atoms with van der Waals surface area (Å²) in [6.07, 6.45) is 4.43. The zero-order valence-corrected chi connectivity index (χ0v) is 8.81. The predicted molar refractivity (Wildman–Crippen MR) is 52.0 cm³/mol. The summed E-state index contributed by atoms with van der Waals surface area (Å²) in [7, 11) is 0. The minimum absolute atomic E-state index is 0.0642. The zero-order chi connectivity index (χ0) is 9.91. The molecule has 0 unspecified atom stereocenters. The summed E-state index contributed by atoms with van der Waals surface area (Å²) < 4.78 is 0. The van der Waals surface area contributed by atoms with Gasteiger partial charge in [-0.1, -0.05) is 20.8 Å². The molecule has 3 aliphatic rings. The van der Waals surface area contributed by atoms with Gasteiger partial charge in [-0.15, -0.1) is 0 Å². The first kappa shape index (κ1) is 9.04. The van der Waals surface area contributed by atoms with Gasteiger partial charge in [0.2, 0.25) is 5.91 Å². The van der Waals surface area contributed by atoms with E-state index in [-0.39, 0.29) is 11.3 Å². The summed E-state index contributed by atoms with van der Waals surface area (Å²) in [5.41, 5.74) is 6.18. The van der Waals surface area contributed by atoms with Gasteiger partial charge in [0.1, 0.15) is 0 Å². The number of amides is 1. The molecule has 3 saturated carbocycles. The van der Waals surface area contributed by atoms with E-state index in [9.17, 15) is 4.79 Å². The van der Waals surface area contributed by atoms with E-state index in [2.05, 4.69) is 20.8 Å². The third-order valence-electron chi connectivity index (χ3n) is 3.57. The average Bonchev–Trinajstić information content (AvgIpc) is 1.71. The van der Waals surface area contributed by atoms with E-state index in [0.29, 0.717) is 10.8 Å². The van der Waals surface area contributed by atoms with E-state index in [1.165, 1.54) is 6.42 Å². The highest BCUT2D eigenvalue weighted by atomic mass is 16.1. The second kappa shape index (κ2) is 2.10. The summed E-state index contributed by atoms with van der Waals surface area (Å²) in [4.78, 5) is 11.1. The summed E-state index contributed by atoms with van der Waals surface area (Å²) in [6.45, 7) is 6.80. The van der Waals surface area contributed by atoms with Crippen LogP contribution in [0.15, 0.2) is 0 Å². The molecule has 0 aromatic rings. The smallest absolute Gasteiger partial charge is 0.223 e. The Morgan fingerprint density at radius 3 is 2.08 bits per heavy atom. The molecule has 0 heterocycles. The van der Waals surface area contributed by atoms with Crippen LogP contribution >= 0.6 is 0 Å². The molecule has 74 valence electrons. The number of hydrogen-bond acceptors (Lipinski definition) is 1. The Morgan fingerprint density at radius 2 is 1.77 bits per heavy atom. The fraction of sp³-hybridized carbons (Fsp3) is 0.909. The van der Waals surface area contributed by atoms with Crippen molar-refractivity contribution in [2.24, 2.45) is 22.0 Å². The molecule has 0 saturated heterocycles. The third-order valence-corrected chi connectivity index (χ3v) is 3.57. The first-order valence-electron chi connectivity index (χ1n) is 5.07. The van der Waals surface area contributed by atoms with Crippen LogP contribution in [0.25, 0.3) is 0 Å². The van der Waals surface area contributed by atoms with Crippen molar-refractivity contribution < 1.29 is 4.79 Å². The van der Waals surface area contributed by atoms with Crippen LogP contribution in [-0.2, 0) is 4.79 Å². The van der Waals surface area contributed by atoms with Crippen molar-refractivity contribution in [2.45, 2.75) is 46.5 Å². The second-order valence-electron chi connectivity index (χ2n) is 6.41. The molecule has 2 N–H and O–H groups in total. The molecular formula is C11H19NO. The van der Waals surface area contributed by atoms with E-state index in [0.717, 1.165) is 19.3 Å². The Hall–Kier alpha value is -0.530. The minimum atomic E-state index is -0.0664. The van der Waals surface area contributed by atoms with E-state index in [1.54, 1.807) is 0 Å². The quantitative estimate of drug-likeness (QED) is 0.696. The number of rotatable bonds is 2. The molecule has 0 aliphatic heterocycles. The molecule has 0 spiro atoms. The van der Waals surface area contributed by atoms with Gasteiger partial charge in [-0.25, -0.2) is 0 Å². The van der Waals surface area contributed by atoms with E-state index in [4.69, 9.17) is 5.73 Å². The highest BCUT2D eigenvalue weighted by Gasteiger charge is 2.70. The van der Waals surface area contributed by atoms with Crippen LogP contribution in [0.3, 0.4) is 0 Å². The van der Waals surface area contributed by atoms with Crippen LogP contribution in [0.2, 0.25) is 0 Å². The molecule has 0 aromatic carbocycles. The Kier molecular flexibility index (Phi) is 1.46. The molecule has 0 radical (unpaired) electrons. The van der Waals surface area contributed by atoms with Crippen LogP contribution in [0.5, 0.6) is 0 Å². The molecule has 1 amide bonds. The molecule has 2 bridgehead atoms. The largest absolute Gasteiger partial charge is 0.369 e. The van der Waals surface area contributed by atoms with Crippen molar-refractivity contribution in [2.75, 3.05) is 0 Å². The highest BCUT2D eigenvalue weighted by molar-refractivity contribution is 5.84. The van der Waals surface area contributed by atoms with Crippen molar-refractivity contribution in [3.05, 3.63) is 0 Å². The van der Waals surface area contributed by atoms with Crippen LogP contribution in [0.4, 0.5) is 0 Å². The van der Waals surface area contributed by atoms with Crippen molar-refractivity contribution in [1.82, 2.24) is 0 Å². The van der Waals surface area contributed by atoms with Crippen LogP contribution in [0.1, 0.15) is 46.5 Å². The fourth-order valence-corrected chi connectivity index (χ4v) is 3.57. The van der Waals surface area contributed by atoms with Gasteiger partial charge in [-0.2, -0.15) is 0 Å². The zero-order valence-electron chi connectivity index (χ0n) is 8.81. The van der Waals surface area contributed by atoms with E-state index >= 15 is 0 Å². The van der Waals surface area contributed by atoms with Crippen LogP contribution in [-0.4, -0.2) is 5.91 Å². The standard InChI is InChI=1S/C11H19NO/c1-9(2,3)4-10-5-11(6-10,7-10)8(12)13/h4-7H2,1-3H3,(H2,12,13). The number of nitrogens with two attached hydrogens (primary N) is 1.